The van der Waals surface area contributed by atoms with Crippen LogP contribution in [0.1, 0.15) is 26.2 Å². The van der Waals surface area contributed by atoms with Gasteiger partial charge in [0, 0.05) is 51.5 Å². The van der Waals surface area contributed by atoms with Gasteiger partial charge in [0.05, 0.1) is 0 Å². The topological polar surface area (TPSA) is 42.9 Å². The molecule has 25 heavy (non-hydrogen) atoms. The van der Waals surface area contributed by atoms with Gasteiger partial charge in [0.2, 0.25) is 0 Å². The SMILES string of the molecule is CN=C(NCCCCN1CCN(c2ccccc2)CC1)NC1CC1C. The Hall–Kier alpha value is -1.75. The van der Waals surface area contributed by atoms with Crippen LogP contribution in [0.2, 0.25) is 0 Å². The molecular weight excluding hydrogens is 310 g/mol. The third-order valence-corrected chi connectivity index (χ3v) is 5.34. The lowest BCUT2D eigenvalue weighted by molar-refractivity contribution is 0.253. The Labute approximate surface area is 152 Å². The molecular formula is C20H33N5. The van der Waals surface area contributed by atoms with E-state index in [9.17, 15) is 0 Å². The van der Waals surface area contributed by atoms with Crippen LogP contribution >= 0.6 is 0 Å². The van der Waals surface area contributed by atoms with Gasteiger partial charge in [0.1, 0.15) is 0 Å². The zero-order valence-electron chi connectivity index (χ0n) is 15.7. The van der Waals surface area contributed by atoms with E-state index in [1.54, 1.807) is 0 Å². The number of unbranched alkanes of at least 4 members (excludes halogenated alkanes) is 1. The van der Waals surface area contributed by atoms with Crippen molar-refractivity contribution in [1.82, 2.24) is 15.5 Å². The number of piperazine rings is 1. The van der Waals surface area contributed by atoms with Crippen molar-refractivity contribution in [3.8, 4) is 0 Å². The van der Waals surface area contributed by atoms with Crippen LogP contribution in [-0.2, 0) is 0 Å². The summed E-state index contributed by atoms with van der Waals surface area (Å²) in [5.74, 6) is 1.76. The summed E-state index contributed by atoms with van der Waals surface area (Å²) in [4.78, 5) is 9.39. The molecule has 1 aromatic rings. The van der Waals surface area contributed by atoms with Gasteiger partial charge in [-0.1, -0.05) is 25.1 Å². The Morgan fingerprint density at radius 3 is 2.48 bits per heavy atom. The zero-order chi connectivity index (χ0) is 17.5. The number of hydrogen-bond acceptors (Lipinski definition) is 3. The van der Waals surface area contributed by atoms with Crippen molar-refractivity contribution in [1.29, 1.82) is 0 Å². The van der Waals surface area contributed by atoms with Crippen molar-refractivity contribution in [2.75, 3.05) is 51.2 Å². The molecule has 2 fully saturated rings. The summed E-state index contributed by atoms with van der Waals surface area (Å²) in [5.41, 5.74) is 1.36. The minimum Gasteiger partial charge on any atom is -0.369 e. The fourth-order valence-electron chi connectivity index (χ4n) is 3.43. The van der Waals surface area contributed by atoms with Gasteiger partial charge in [0.15, 0.2) is 5.96 Å². The minimum absolute atomic E-state index is 0.632. The molecule has 1 saturated heterocycles. The van der Waals surface area contributed by atoms with Crippen LogP contribution in [0.25, 0.3) is 0 Å². The molecule has 0 radical (unpaired) electrons. The highest BCUT2D eigenvalue weighted by Gasteiger charge is 2.33. The van der Waals surface area contributed by atoms with Crippen LogP contribution in [0.5, 0.6) is 0 Å². The van der Waals surface area contributed by atoms with Crippen molar-refractivity contribution in [3.05, 3.63) is 30.3 Å². The second-order valence-corrected chi connectivity index (χ2v) is 7.33. The summed E-state index contributed by atoms with van der Waals surface area (Å²) in [6, 6.07) is 11.4. The van der Waals surface area contributed by atoms with E-state index in [0.29, 0.717) is 6.04 Å². The molecule has 0 spiro atoms. The third kappa shape index (κ3) is 5.63. The monoisotopic (exact) mass is 343 g/mol. The molecule has 1 aromatic carbocycles. The molecule has 0 aromatic heterocycles. The van der Waals surface area contributed by atoms with Crippen LogP contribution < -0.4 is 15.5 Å². The predicted molar refractivity (Wildman–Crippen MR) is 106 cm³/mol. The molecule has 2 atom stereocenters. The fourth-order valence-corrected chi connectivity index (χ4v) is 3.43. The Bertz CT molecular complexity index is 536. The number of nitrogens with one attached hydrogen (secondary N) is 2. The predicted octanol–water partition coefficient (Wildman–Crippen LogP) is 2.16. The number of rotatable bonds is 7. The summed E-state index contributed by atoms with van der Waals surface area (Å²) in [5, 5.41) is 6.91. The van der Waals surface area contributed by atoms with Crippen LogP contribution in [0.3, 0.4) is 0 Å². The Morgan fingerprint density at radius 2 is 1.84 bits per heavy atom. The number of aliphatic imine (C=N–C) groups is 1. The van der Waals surface area contributed by atoms with Gasteiger partial charge < -0.3 is 15.5 Å². The van der Waals surface area contributed by atoms with Crippen LogP contribution in [0.4, 0.5) is 5.69 Å². The highest BCUT2D eigenvalue weighted by molar-refractivity contribution is 5.80. The van der Waals surface area contributed by atoms with E-state index < -0.39 is 0 Å². The van der Waals surface area contributed by atoms with E-state index in [4.69, 9.17) is 0 Å². The molecule has 2 unspecified atom stereocenters. The van der Waals surface area contributed by atoms with Gasteiger partial charge in [-0.3, -0.25) is 9.89 Å². The lowest BCUT2D eigenvalue weighted by atomic mass is 10.2. The Morgan fingerprint density at radius 1 is 1.12 bits per heavy atom. The molecule has 2 N–H and O–H groups in total. The largest absolute Gasteiger partial charge is 0.369 e. The van der Waals surface area contributed by atoms with E-state index in [-0.39, 0.29) is 0 Å². The van der Waals surface area contributed by atoms with E-state index in [0.717, 1.165) is 31.5 Å². The van der Waals surface area contributed by atoms with Crippen LogP contribution in [-0.4, -0.2) is 63.2 Å². The molecule has 0 amide bonds. The first-order chi connectivity index (χ1) is 12.3. The standard InChI is InChI=1S/C20H33N5/c1-17-16-19(17)23-20(21-2)22-10-6-7-11-24-12-14-25(15-13-24)18-8-4-3-5-9-18/h3-5,8-9,17,19H,6-7,10-16H2,1-2H3,(H2,21,22,23). The van der Waals surface area contributed by atoms with Gasteiger partial charge in [-0.2, -0.15) is 0 Å². The molecule has 5 heteroatoms. The number of hydrogen-bond donors (Lipinski definition) is 2. The van der Waals surface area contributed by atoms with Gasteiger partial charge >= 0.3 is 0 Å². The summed E-state index contributed by atoms with van der Waals surface area (Å²) in [7, 11) is 1.86. The number of benzene rings is 1. The highest BCUT2D eigenvalue weighted by atomic mass is 15.3. The summed E-state index contributed by atoms with van der Waals surface area (Å²) >= 11 is 0. The fraction of sp³-hybridized carbons (Fsp3) is 0.650. The zero-order valence-corrected chi connectivity index (χ0v) is 15.7. The molecule has 3 rings (SSSR count). The van der Waals surface area contributed by atoms with E-state index in [2.05, 4.69) is 62.7 Å². The summed E-state index contributed by atoms with van der Waals surface area (Å²) in [6.07, 6.45) is 3.71. The van der Waals surface area contributed by atoms with Gasteiger partial charge in [-0.15, -0.1) is 0 Å². The maximum atomic E-state index is 4.31. The van der Waals surface area contributed by atoms with Crippen molar-refractivity contribution >= 4 is 11.6 Å². The third-order valence-electron chi connectivity index (χ3n) is 5.34. The number of nitrogens with zero attached hydrogens (tertiary/aromatic N) is 3. The van der Waals surface area contributed by atoms with Gasteiger partial charge in [-0.25, -0.2) is 0 Å². The van der Waals surface area contributed by atoms with Crippen molar-refractivity contribution in [3.63, 3.8) is 0 Å². The lowest BCUT2D eigenvalue weighted by Gasteiger charge is -2.36. The van der Waals surface area contributed by atoms with Crippen molar-refractivity contribution in [2.24, 2.45) is 10.9 Å². The molecule has 138 valence electrons. The van der Waals surface area contributed by atoms with E-state index in [1.165, 1.54) is 44.6 Å². The number of guanidine groups is 1. The maximum Gasteiger partial charge on any atom is 0.191 e. The Kier molecular flexibility index (Phi) is 6.56. The second kappa shape index (κ2) is 9.09. The summed E-state index contributed by atoms with van der Waals surface area (Å²) < 4.78 is 0. The molecule has 5 nitrogen and oxygen atoms in total. The summed E-state index contributed by atoms with van der Waals surface area (Å²) in [6.45, 7) is 9.11. The number of anilines is 1. The smallest absolute Gasteiger partial charge is 0.191 e. The molecule has 0 bridgehead atoms. The first-order valence-electron chi connectivity index (χ1n) is 9.76. The van der Waals surface area contributed by atoms with E-state index in [1.807, 2.05) is 7.05 Å². The second-order valence-electron chi connectivity index (χ2n) is 7.33. The average molecular weight is 344 g/mol. The molecule has 1 aliphatic carbocycles. The first-order valence-corrected chi connectivity index (χ1v) is 9.76. The first kappa shape index (κ1) is 18.1. The molecule has 1 saturated carbocycles. The number of para-hydroxylation sites is 1. The Balaban J connectivity index is 1.25. The molecule has 1 aliphatic heterocycles. The van der Waals surface area contributed by atoms with Crippen LogP contribution in [0, 0.1) is 5.92 Å². The van der Waals surface area contributed by atoms with Gasteiger partial charge in [-0.05, 0) is 43.9 Å². The normalized spacial score (nSPS) is 24.2. The maximum absolute atomic E-state index is 4.31. The highest BCUT2D eigenvalue weighted by Crippen LogP contribution is 2.28. The lowest BCUT2D eigenvalue weighted by Crippen LogP contribution is -2.46. The quantitative estimate of drug-likeness (QED) is 0.452. The van der Waals surface area contributed by atoms with Crippen LogP contribution in [0.15, 0.2) is 35.3 Å². The molecule has 2 aliphatic rings. The van der Waals surface area contributed by atoms with Crippen molar-refractivity contribution < 1.29 is 0 Å². The minimum atomic E-state index is 0.632. The average Bonchev–Trinajstić information content (AvgIpc) is 3.36. The van der Waals surface area contributed by atoms with Gasteiger partial charge in [0.25, 0.3) is 0 Å². The molecule has 1 heterocycles. The van der Waals surface area contributed by atoms with Crippen molar-refractivity contribution in [2.45, 2.75) is 32.2 Å². The van der Waals surface area contributed by atoms with E-state index >= 15 is 0 Å².